The summed E-state index contributed by atoms with van der Waals surface area (Å²) < 4.78 is 0. The summed E-state index contributed by atoms with van der Waals surface area (Å²) >= 11 is 0. The zero-order valence-corrected chi connectivity index (χ0v) is 9.12. The van der Waals surface area contributed by atoms with E-state index in [-0.39, 0.29) is 17.9 Å². The number of amides is 1. The molecule has 0 aliphatic rings. The van der Waals surface area contributed by atoms with E-state index in [1.165, 1.54) is 31.3 Å². The number of ketones is 1. The van der Waals surface area contributed by atoms with Crippen molar-refractivity contribution >= 4 is 23.6 Å². The molecule has 0 spiro atoms. The first kappa shape index (κ1) is 12.7. The minimum absolute atomic E-state index is 0.0760. The third-order valence-corrected chi connectivity index (χ3v) is 1.84. The summed E-state index contributed by atoms with van der Waals surface area (Å²) in [5, 5.41) is 10.5. The van der Waals surface area contributed by atoms with E-state index in [9.17, 15) is 19.7 Å². The summed E-state index contributed by atoms with van der Waals surface area (Å²) in [6, 6.07) is 5.71. The molecule has 17 heavy (non-hydrogen) atoms. The van der Waals surface area contributed by atoms with Crippen LogP contribution < -0.4 is 0 Å². The molecule has 1 aromatic rings. The first-order valence-corrected chi connectivity index (χ1v) is 4.80. The van der Waals surface area contributed by atoms with Gasteiger partial charge in [0, 0.05) is 18.3 Å². The molecule has 0 saturated heterocycles. The molecule has 0 aliphatic carbocycles. The van der Waals surface area contributed by atoms with Crippen LogP contribution in [0.3, 0.4) is 0 Å². The van der Waals surface area contributed by atoms with Crippen LogP contribution in [0.2, 0.25) is 0 Å². The second-order valence-corrected chi connectivity index (χ2v) is 3.38. The van der Waals surface area contributed by atoms with Gasteiger partial charge in [-0.2, -0.15) is 0 Å². The lowest BCUT2D eigenvalue weighted by Gasteiger charge is -1.93. The van der Waals surface area contributed by atoms with Gasteiger partial charge in [-0.05, 0) is 12.5 Å². The van der Waals surface area contributed by atoms with Crippen LogP contribution in [-0.4, -0.2) is 22.8 Å². The van der Waals surface area contributed by atoms with Crippen LogP contribution in [0, 0.1) is 10.1 Å². The molecule has 0 fully saturated rings. The molecular formula is C11H10N2O4. The normalized spacial score (nSPS) is 10.4. The van der Waals surface area contributed by atoms with Gasteiger partial charge in [0.25, 0.3) is 11.6 Å². The Bertz CT molecular complexity index is 494. The summed E-state index contributed by atoms with van der Waals surface area (Å²) in [6.07, 6.45) is 0.948. The van der Waals surface area contributed by atoms with Crippen LogP contribution in [-0.2, 0) is 9.59 Å². The van der Waals surface area contributed by atoms with Gasteiger partial charge in [0.2, 0.25) is 0 Å². The predicted molar refractivity (Wildman–Crippen MR) is 61.0 cm³/mol. The average Bonchev–Trinajstić information content (AvgIpc) is 2.26. The van der Waals surface area contributed by atoms with Gasteiger partial charge in [0.15, 0.2) is 0 Å². The number of Topliss-reactive ketones (excluding diaryl/α,β-unsaturated/α-hetero) is 1. The summed E-state index contributed by atoms with van der Waals surface area (Å²) in [6.45, 7) is 1.29. The number of hydrogen-bond donors (Lipinski definition) is 0. The fraction of sp³-hybridized carbons (Fsp3) is 0.182. The Kier molecular flexibility index (Phi) is 4.21. The number of aliphatic imine (C=N–C) groups is 1. The lowest BCUT2D eigenvalue weighted by Crippen LogP contribution is -2.01. The summed E-state index contributed by atoms with van der Waals surface area (Å²) in [5.74, 6) is -0.838. The van der Waals surface area contributed by atoms with E-state index in [2.05, 4.69) is 4.99 Å². The van der Waals surface area contributed by atoms with Crippen LogP contribution >= 0.6 is 0 Å². The zero-order valence-electron chi connectivity index (χ0n) is 9.12. The molecule has 0 atom stereocenters. The van der Waals surface area contributed by atoms with Gasteiger partial charge >= 0.3 is 0 Å². The summed E-state index contributed by atoms with van der Waals surface area (Å²) in [4.78, 5) is 35.2. The standard InChI is InChI=1S/C11H10N2O4/c1-8(14)5-11(15)12-7-9-3-2-4-10(6-9)13(16)17/h2-4,6-7H,5H2,1H3. The lowest BCUT2D eigenvalue weighted by molar-refractivity contribution is -0.384. The molecule has 88 valence electrons. The smallest absolute Gasteiger partial charge is 0.270 e. The van der Waals surface area contributed by atoms with Crippen molar-refractivity contribution in [1.29, 1.82) is 0 Å². The molecule has 0 aliphatic heterocycles. The Labute approximate surface area is 97.1 Å². The van der Waals surface area contributed by atoms with E-state index in [0.717, 1.165) is 0 Å². The highest BCUT2D eigenvalue weighted by Gasteiger charge is 2.05. The van der Waals surface area contributed by atoms with Crippen LogP contribution in [0.5, 0.6) is 0 Å². The Morgan fingerprint density at radius 2 is 2.18 bits per heavy atom. The number of benzene rings is 1. The first-order valence-electron chi connectivity index (χ1n) is 4.80. The number of nitro groups is 1. The molecule has 0 radical (unpaired) electrons. The molecule has 1 amide bonds. The second-order valence-electron chi connectivity index (χ2n) is 3.38. The van der Waals surface area contributed by atoms with Crippen molar-refractivity contribution in [2.45, 2.75) is 13.3 Å². The molecule has 0 saturated carbocycles. The van der Waals surface area contributed by atoms with Crippen molar-refractivity contribution in [3.63, 3.8) is 0 Å². The number of carbonyl (C=O) groups excluding carboxylic acids is 2. The van der Waals surface area contributed by atoms with E-state index in [1.54, 1.807) is 6.07 Å². The Morgan fingerprint density at radius 1 is 1.47 bits per heavy atom. The van der Waals surface area contributed by atoms with Crippen LogP contribution in [0.4, 0.5) is 5.69 Å². The largest absolute Gasteiger partial charge is 0.299 e. The van der Waals surface area contributed by atoms with Gasteiger partial charge in [-0.1, -0.05) is 12.1 Å². The fourth-order valence-electron chi connectivity index (χ4n) is 1.12. The second kappa shape index (κ2) is 5.64. The maximum absolute atomic E-state index is 11.1. The molecule has 1 aromatic carbocycles. The number of nitro benzene ring substituents is 1. The van der Waals surface area contributed by atoms with Crippen molar-refractivity contribution < 1.29 is 14.5 Å². The van der Waals surface area contributed by atoms with Crippen molar-refractivity contribution in [3.05, 3.63) is 39.9 Å². The van der Waals surface area contributed by atoms with Crippen LogP contribution in [0.1, 0.15) is 18.9 Å². The van der Waals surface area contributed by atoms with Crippen molar-refractivity contribution in [1.82, 2.24) is 0 Å². The van der Waals surface area contributed by atoms with Crippen LogP contribution in [0.25, 0.3) is 0 Å². The van der Waals surface area contributed by atoms with E-state index in [1.807, 2.05) is 0 Å². The number of non-ortho nitro benzene ring substituents is 1. The monoisotopic (exact) mass is 234 g/mol. The average molecular weight is 234 g/mol. The Balaban J connectivity index is 2.78. The Morgan fingerprint density at radius 3 is 2.76 bits per heavy atom. The van der Waals surface area contributed by atoms with Gasteiger partial charge in [-0.3, -0.25) is 19.7 Å². The van der Waals surface area contributed by atoms with E-state index in [0.29, 0.717) is 5.56 Å². The predicted octanol–water partition coefficient (Wildman–Crippen LogP) is 1.52. The molecular weight excluding hydrogens is 224 g/mol. The van der Waals surface area contributed by atoms with Crippen molar-refractivity contribution in [3.8, 4) is 0 Å². The number of nitrogens with zero attached hydrogens (tertiary/aromatic N) is 2. The molecule has 1 rings (SSSR count). The van der Waals surface area contributed by atoms with Gasteiger partial charge in [0.1, 0.15) is 5.78 Å². The topological polar surface area (TPSA) is 89.6 Å². The molecule has 0 heterocycles. The quantitative estimate of drug-likeness (QED) is 0.342. The van der Waals surface area contributed by atoms with Crippen molar-refractivity contribution in [2.75, 3.05) is 0 Å². The molecule has 6 heteroatoms. The number of hydrogen-bond acceptors (Lipinski definition) is 4. The van der Waals surface area contributed by atoms with Gasteiger partial charge in [-0.25, -0.2) is 4.99 Å². The minimum atomic E-state index is -0.566. The maximum atomic E-state index is 11.1. The highest BCUT2D eigenvalue weighted by Crippen LogP contribution is 2.11. The van der Waals surface area contributed by atoms with Gasteiger partial charge in [0.05, 0.1) is 11.3 Å². The highest BCUT2D eigenvalue weighted by atomic mass is 16.6. The molecule has 0 aromatic heterocycles. The minimum Gasteiger partial charge on any atom is -0.299 e. The van der Waals surface area contributed by atoms with Gasteiger partial charge in [-0.15, -0.1) is 0 Å². The third-order valence-electron chi connectivity index (χ3n) is 1.84. The van der Waals surface area contributed by atoms with Crippen molar-refractivity contribution in [2.24, 2.45) is 4.99 Å². The van der Waals surface area contributed by atoms with Gasteiger partial charge < -0.3 is 0 Å². The molecule has 0 bridgehead atoms. The molecule has 0 unspecified atom stereocenters. The fourth-order valence-corrected chi connectivity index (χ4v) is 1.12. The summed E-state index contributed by atoms with van der Waals surface area (Å²) in [5.41, 5.74) is 0.365. The lowest BCUT2D eigenvalue weighted by atomic mass is 10.2. The SMILES string of the molecule is CC(=O)CC(=O)N=Cc1cccc([N+](=O)[O-])c1. The first-order chi connectivity index (χ1) is 7.99. The number of rotatable bonds is 4. The highest BCUT2D eigenvalue weighted by molar-refractivity contribution is 6.01. The zero-order chi connectivity index (χ0) is 12.8. The molecule has 6 nitrogen and oxygen atoms in total. The molecule has 0 N–H and O–H groups in total. The maximum Gasteiger partial charge on any atom is 0.270 e. The summed E-state index contributed by atoms with van der Waals surface area (Å²) in [7, 11) is 0. The Hall–Kier alpha value is -2.37. The van der Waals surface area contributed by atoms with E-state index in [4.69, 9.17) is 0 Å². The van der Waals surface area contributed by atoms with E-state index < -0.39 is 10.8 Å². The third kappa shape index (κ3) is 4.33. The number of carbonyl (C=O) groups is 2. The van der Waals surface area contributed by atoms with Crippen LogP contribution in [0.15, 0.2) is 29.3 Å². The van der Waals surface area contributed by atoms with E-state index >= 15 is 0 Å².